The van der Waals surface area contributed by atoms with E-state index in [2.05, 4.69) is 10.6 Å². The standard InChI is InChI=1S/C8H12N2O5/c1-5(11)2-6(12)9-3-7(13)10-4-8(14)15/h2-4H2,1H3,(H,9,12)(H,10,13)(H,14,15). The molecule has 0 aliphatic heterocycles. The van der Waals surface area contributed by atoms with E-state index in [0.29, 0.717) is 0 Å². The summed E-state index contributed by atoms with van der Waals surface area (Å²) in [5, 5.41) is 12.4. The molecule has 0 unspecified atom stereocenters. The van der Waals surface area contributed by atoms with Crippen molar-refractivity contribution in [3.05, 3.63) is 0 Å². The van der Waals surface area contributed by atoms with Crippen LogP contribution in [0.5, 0.6) is 0 Å². The van der Waals surface area contributed by atoms with Gasteiger partial charge >= 0.3 is 5.97 Å². The van der Waals surface area contributed by atoms with E-state index in [0.717, 1.165) is 0 Å². The highest BCUT2D eigenvalue weighted by atomic mass is 16.4. The number of ketones is 1. The molecule has 0 aliphatic carbocycles. The maximum absolute atomic E-state index is 10.9. The van der Waals surface area contributed by atoms with Crippen LogP contribution < -0.4 is 10.6 Å². The Labute approximate surface area is 85.8 Å². The summed E-state index contributed by atoms with van der Waals surface area (Å²) in [6.07, 6.45) is -0.286. The number of Topliss-reactive ketones (excluding diaryl/α,β-unsaturated/α-hetero) is 1. The minimum absolute atomic E-state index is 0.286. The lowest BCUT2D eigenvalue weighted by molar-refractivity contribution is -0.137. The average molecular weight is 216 g/mol. The van der Waals surface area contributed by atoms with Gasteiger partial charge in [0.1, 0.15) is 12.3 Å². The molecule has 0 rings (SSSR count). The van der Waals surface area contributed by atoms with E-state index in [1.807, 2.05) is 0 Å². The number of carboxylic acids is 1. The highest BCUT2D eigenvalue weighted by molar-refractivity contribution is 5.98. The van der Waals surface area contributed by atoms with E-state index in [1.165, 1.54) is 6.92 Å². The molecule has 0 atom stereocenters. The predicted molar refractivity (Wildman–Crippen MR) is 49.0 cm³/mol. The summed E-state index contributed by atoms with van der Waals surface area (Å²) in [6.45, 7) is 0.422. The van der Waals surface area contributed by atoms with Crippen molar-refractivity contribution in [2.75, 3.05) is 13.1 Å². The SMILES string of the molecule is CC(=O)CC(=O)NCC(=O)NCC(=O)O. The van der Waals surface area contributed by atoms with Crippen LogP contribution in [0.3, 0.4) is 0 Å². The van der Waals surface area contributed by atoms with Gasteiger partial charge in [-0.25, -0.2) is 0 Å². The first-order valence-corrected chi connectivity index (χ1v) is 4.16. The second-order valence-corrected chi connectivity index (χ2v) is 2.83. The van der Waals surface area contributed by atoms with Gasteiger partial charge in [-0.05, 0) is 6.92 Å². The van der Waals surface area contributed by atoms with Gasteiger partial charge in [-0.1, -0.05) is 0 Å². The largest absolute Gasteiger partial charge is 0.480 e. The molecule has 0 spiro atoms. The van der Waals surface area contributed by atoms with E-state index in [-0.39, 0.29) is 18.7 Å². The van der Waals surface area contributed by atoms with Crippen molar-refractivity contribution in [2.45, 2.75) is 13.3 Å². The molecule has 0 fully saturated rings. The molecule has 7 nitrogen and oxygen atoms in total. The summed E-state index contributed by atoms with van der Waals surface area (Å²) in [4.78, 5) is 42.2. The third kappa shape index (κ3) is 8.41. The normalized spacial score (nSPS) is 9.13. The Morgan fingerprint density at radius 1 is 1.00 bits per heavy atom. The van der Waals surface area contributed by atoms with Crippen molar-refractivity contribution in [1.82, 2.24) is 10.6 Å². The van der Waals surface area contributed by atoms with Gasteiger partial charge in [0.05, 0.1) is 13.0 Å². The number of carboxylic acid groups (broad SMARTS) is 1. The van der Waals surface area contributed by atoms with Crippen LogP contribution in [0, 0.1) is 0 Å². The first kappa shape index (κ1) is 13.1. The predicted octanol–water partition coefficient (Wildman–Crippen LogP) is -1.72. The molecule has 84 valence electrons. The highest BCUT2D eigenvalue weighted by Gasteiger charge is 2.07. The second kappa shape index (κ2) is 6.52. The Balaban J connectivity index is 3.66. The van der Waals surface area contributed by atoms with Crippen LogP contribution in [-0.2, 0) is 19.2 Å². The molecule has 2 amide bonds. The van der Waals surface area contributed by atoms with Gasteiger partial charge < -0.3 is 15.7 Å². The zero-order chi connectivity index (χ0) is 11.8. The van der Waals surface area contributed by atoms with Crippen LogP contribution in [0.1, 0.15) is 13.3 Å². The summed E-state index contributed by atoms with van der Waals surface area (Å²) in [6, 6.07) is 0. The summed E-state index contributed by atoms with van der Waals surface area (Å²) in [7, 11) is 0. The molecule has 7 heteroatoms. The van der Waals surface area contributed by atoms with E-state index in [1.54, 1.807) is 0 Å². The van der Waals surface area contributed by atoms with Gasteiger partial charge in [0.25, 0.3) is 0 Å². The Kier molecular flexibility index (Phi) is 5.69. The Bertz CT molecular complexity index is 287. The molecule has 15 heavy (non-hydrogen) atoms. The van der Waals surface area contributed by atoms with Gasteiger partial charge in [0, 0.05) is 0 Å². The molecule has 0 bridgehead atoms. The molecule has 0 aromatic carbocycles. The molecular formula is C8H12N2O5. The van der Waals surface area contributed by atoms with Crippen LogP contribution in [0.15, 0.2) is 0 Å². The first-order valence-electron chi connectivity index (χ1n) is 4.16. The van der Waals surface area contributed by atoms with Crippen LogP contribution >= 0.6 is 0 Å². The second-order valence-electron chi connectivity index (χ2n) is 2.83. The van der Waals surface area contributed by atoms with Crippen molar-refractivity contribution in [2.24, 2.45) is 0 Å². The summed E-state index contributed by atoms with van der Waals surface area (Å²) in [5.41, 5.74) is 0. The van der Waals surface area contributed by atoms with Crippen molar-refractivity contribution < 1.29 is 24.3 Å². The van der Waals surface area contributed by atoms with Crippen LogP contribution in [0.2, 0.25) is 0 Å². The molecular weight excluding hydrogens is 204 g/mol. The Morgan fingerprint density at radius 3 is 2.00 bits per heavy atom. The summed E-state index contributed by atoms with van der Waals surface area (Å²) in [5.74, 6) is -2.65. The van der Waals surface area contributed by atoms with Gasteiger partial charge in [-0.15, -0.1) is 0 Å². The number of nitrogens with one attached hydrogen (secondary N) is 2. The zero-order valence-corrected chi connectivity index (χ0v) is 8.20. The first-order chi connectivity index (χ1) is 6.91. The lowest BCUT2D eigenvalue weighted by Gasteiger charge is -2.03. The van der Waals surface area contributed by atoms with Crippen LogP contribution in [0.4, 0.5) is 0 Å². The minimum Gasteiger partial charge on any atom is -0.480 e. The monoisotopic (exact) mass is 216 g/mol. The van der Waals surface area contributed by atoms with E-state index in [9.17, 15) is 19.2 Å². The molecule has 0 saturated carbocycles. The lowest BCUT2D eigenvalue weighted by atomic mass is 10.3. The lowest BCUT2D eigenvalue weighted by Crippen LogP contribution is -2.39. The van der Waals surface area contributed by atoms with E-state index in [4.69, 9.17) is 5.11 Å². The van der Waals surface area contributed by atoms with Gasteiger partial charge in [-0.2, -0.15) is 0 Å². The number of aliphatic carboxylic acids is 1. The quantitative estimate of drug-likeness (QED) is 0.457. The maximum Gasteiger partial charge on any atom is 0.322 e. The molecule has 0 aromatic heterocycles. The molecule has 0 saturated heterocycles. The third-order valence-corrected chi connectivity index (χ3v) is 1.29. The van der Waals surface area contributed by atoms with Crippen molar-refractivity contribution in [3.8, 4) is 0 Å². The van der Waals surface area contributed by atoms with Crippen molar-refractivity contribution in [1.29, 1.82) is 0 Å². The number of carbonyl (C=O) groups excluding carboxylic acids is 3. The summed E-state index contributed by atoms with van der Waals surface area (Å²) >= 11 is 0. The third-order valence-electron chi connectivity index (χ3n) is 1.29. The summed E-state index contributed by atoms with van der Waals surface area (Å²) < 4.78 is 0. The van der Waals surface area contributed by atoms with Crippen molar-refractivity contribution >= 4 is 23.6 Å². The number of hydrogen-bond acceptors (Lipinski definition) is 4. The zero-order valence-electron chi connectivity index (χ0n) is 8.20. The number of rotatable bonds is 6. The molecule has 3 N–H and O–H groups in total. The average Bonchev–Trinajstić information content (AvgIpc) is 2.10. The maximum atomic E-state index is 10.9. The Morgan fingerprint density at radius 2 is 1.53 bits per heavy atom. The number of hydrogen-bond donors (Lipinski definition) is 3. The molecule has 0 heterocycles. The number of amides is 2. The Hall–Kier alpha value is -1.92. The molecule has 0 aromatic rings. The number of carbonyl (C=O) groups is 4. The topological polar surface area (TPSA) is 113 Å². The van der Waals surface area contributed by atoms with Crippen LogP contribution in [-0.4, -0.2) is 41.8 Å². The fourth-order valence-corrected chi connectivity index (χ4v) is 0.704. The smallest absolute Gasteiger partial charge is 0.322 e. The molecule has 0 radical (unpaired) electrons. The van der Waals surface area contributed by atoms with Gasteiger partial charge in [0.2, 0.25) is 11.8 Å². The van der Waals surface area contributed by atoms with Gasteiger partial charge in [-0.3, -0.25) is 19.2 Å². The van der Waals surface area contributed by atoms with Gasteiger partial charge in [0.15, 0.2) is 0 Å². The van der Waals surface area contributed by atoms with E-state index >= 15 is 0 Å². The molecule has 0 aliphatic rings. The van der Waals surface area contributed by atoms with Crippen molar-refractivity contribution in [3.63, 3.8) is 0 Å². The fraction of sp³-hybridized carbons (Fsp3) is 0.500. The van der Waals surface area contributed by atoms with E-state index < -0.39 is 24.3 Å². The minimum atomic E-state index is -1.17. The van der Waals surface area contributed by atoms with Crippen LogP contribution in [0.25, 0.3) is 0 Å². The fourth-order valence-electron chi connectivity index (χ4n) is 0.704. The highest BCUT2D eigenvalue weighted by Crippen LogP contribution is 1.80.